The van der Waals surface area contributed by atoms with Crippen LogP contribution in [0.15, 0.2) is 0 Å². The average molecular weight is 308 g/mol. The molecular formula is C18H45NO2. The van der Waals surface area contributed by atoms with Gasteiger partial charge in [0.25, 0.3) is 0 Å². The summed E-state index contributed by atoms with van der Waals surface area (Å²) in [5.41, 5.74) is 0.554. The molecule has 0 aromatic heterocycles. The van der Waals surface area contributed by atoms with Crippen molar-refractivity contribution >= 4 is 6.79 Å². The first-order chi connectivity index (χ1) is 9.89. The molecule has 0 bridgehead atoms. The molecular weight excluding hydrogens is 262 g/mol. The second-order valence-electron chi connectivity index (χ2n) is 5.32. The number of aliphatic hydroxyl groups excluding tert-OH is 1. The number of carbonyl (C=O) groups excluding carboxylic acids is 1. The summed E-state index contributed by atoms with van der Waals surface area (Å²) in [7, 11) is 5.32. The Labute approximate surface area is 136 Å². The van der Waals surface area contributed by atoms with Crippen molar-refractivity contribution in [3.63, 3.8) is 0 Å². The maximum absolute atomic E-state index is 8.00. The van der Waals surface area contributed by atoms with Crippen LogP contribution in [0.4, 0.5) is 0 Å². The number of nitrogens with zero attached hydrogens (tertiary/aromatic N) is 1. The normalized spacial score (nSPS) is 11.3. The third-order valence-corrected chi connectivity index (χ3v) is 2.92. The molecule has 0 aromatic carbocycles. The lowest BCUT2D eigenvalue weighted by Crippen LogP contribution is -2.24. The highest BCUT2D eigenvalue weighted by Gasteiger charge is 2.22. The fourth-order valence-electron chi connectivity index (χ4n) is 1.90. The largest absolute Gasteiger partial charge is 0.400 e. The van der Waals surface area contributed by atoms with Gasteiger partial charge in [-0.15, -0.1) is 0 Å². The van der Waals surface area contributed by atoms with Gasteiger partial charge in [-0.05, 0) is 44.8 Å². The van der Waals surface area contributed by atoms with Crippen molar-refractivity contribution in [3.8, 4) is 0 Å². The van der Waals surface area contributed by atoms with Gasteiger partial charge in [-0.3, -0.25) is 0 Å². The predicted octanol–water partition coefficient (Wildman–Crippen LogP) is 4.88. The Hall–Kier alpha value is -0.410. The van der Waals surface area contributed by atoms with E-state index in [2.05, 4.69) is 46.7 Å². The lowest BCUT2D eigenvalue weighted by Gasteiger charge is -2.31. The maximum atomic E-state index is 8.00. The molecule has 1 unspecified atom stereocenters. The molecule has 0 aromatic rings. The van der Waals surface area contributed by atoms with Crippen molar-refractivity contribution < 1.29 is 9.90 Å². The minimum atomic E-state index is 0.554. The highest BCUT2D eigenvalue weighted by atomic mass is 16.2. The standard InChI is InChI=1S/C12H27N.2C2H6.CH4O.CH2O/c1-7-12(4,10-11(2)3)8-9-13(5)6;4*1-2/h11H,7-10H2,1-6H3;2*1-2H3;2H,1H3;1H2. The van der Waals surface area contributed by atoms with E-state index in [1.54, 1.807) is 0 Å². The van der Waals surface area contributed by atoms with Crippen molar-refractivity contribution in [3.05, 3.63) is 0 Å². The number of hydrogen-bond donors (Lipinski definition) is 1. The number of carbonyl (C=O) groups is 1. The Morgan fingerprint density at radius 3 is 1.57 bits per heavy atom. The molecule has 3 nitrogen and oxygen atoms in total. The Morgan fingerprint density at radius 2 is 1.38 bits per heavy atom. The lowest BCUT2D eigenvalue weighted by molar-refractivity contribution is -0.0979. The van der Waals surface area contributed by atoms with E-state index in [9.17, 15) is 0 Å². The minimum Gasteiger partial charge on any atom is -0.400 e. The molecule has 1 N–H and O–H groups in total. The van der Waals surface area contributed by atoms with E-state index in [0.29, 0.717) is 5.41 Å². The third-order valence-electron chi connectivity index (χ3n) is 2.92. The van der Waals surface area contributed by atoms with Crippen LogP contribution in [0.5, 0.6) is 0 Å². The van der Waals surface area contributed by atoms with Crippen LogP contribution < -0.4 is 0 Å². The van der Waals surface area contributed by atoms with E-state index >= 15 is 0 Å². The molecule has 0 heterocycles. The van der Waals surface area contributed by atoms with Gasteiger partial charge >= 0.3 is 0 Å². The van der Waals surface area contributed by atoms with Gasteiger partial charge in [0.05, 0.1) is 0 Å². The SMILES string of the molecule is C=O.CC.CC.CCC(C)(CCN(C)C)CC(C)C.CO. The van der Waals surface area contributed by atoms with E-state index in [4.69, 9.17) is 9.90 Å². The fraction of sp³-hybridized carbons (Fsp3) is 0.944. The van der Waals surface area contributed by atoms with Crippen LogP contribution in [-0.4, -0.2) is 44.5 Å². The monoisotopic (exact) mass is 307 g/mol. The Morgan fingerprint density at radius 1 is 1.05 bits per heavy atom. The topological polar surface area (TPSA) is 40.5 Å². The zero-order chi connectivity index (χ0) is 18.5. The van der Waals surface area contributed by atoms with Crippen LogP contribution in [0.3, 0.4) is 0 Å². The van der Waals surface area contributed by atoms with Crippen LogP contribution in [0.25, 0.3) is 0 Å². The molecule has 0 fully saturated rings. The first-order valence-electron chi connectivity index (χ1n) is 8.28. The lowest BCUT2D eigenvalue weighted by atomic mass is 9.77. The molecule has 0 aliphatic carbocycles. The quantitative estimate of drug-likeness (QED) is 0.760. The van der Waals surface area contributed by atoms with Gasteiger partial charge in [-0.1, -0.05) is 61.8 Å². The molecule has 134 valence electrons. The smallest absolute Gasteiger partial charge is 0.106 e. The van der Waals surface area contributed by atoms with E-state index in [0.717, 1.165) is 13.0 Å². The predicted molar refractivity (Wildman–Crippen MR) is 99.0 cm³/mol. The molecule has 0 amide bonds. The second-order valence-corrected chi connectivity index (χ2v) is 5.32. The van der Waals surface area contributed by atoms with Crippen molar-refractivity contribution in [2.24, 2.45) is 11.3 Å². The molecule has 1 atom stereocenters. The van der Waals surface area contributed by atoms with Gasteiger partial charge in [0.1, 0.15) is 6.79 Å². The Bertz CT molecular complexity index is 150. The van der Waals surface area contributed by atoms with Gasteiger partial charge in [0.2, 0.25) is 0 Å². The third kappa shape index (κ3) is 32.8. The first-order valence-corrected chi connectivity index (χ1v) is 8.28. The molecule has 0 saturated heterocycles. The van der Waals surface area contributed by atoms with Crippen LogP contribution in [0, 0.1) is 11.3 Å². The molecule has 0 saturated carbocycles. The molecule has 0 spiro atoms. The van der Waals surface area contributed by atoms with Crippen LogP contribution >= 0.6 is 0 Å². The summed E-state index contributed by atoms with van der Waals surface area (Å²) in [5.74, 6) is 0.826. The number of rotatable bonds is 6. The van der Waals surface area contributed by atoms with Crippen molar-refractivity contribution in [2.45, 2.75) is 74.7 Å². The van der Waals surface area contributed by atoms with E-state index in [1.807, 2.05) is 34.5 Å². The van der Waals surface area contributed by atoms with E-state index in [-0.39, 0.29) is 0 Å². The molecule has 0 radical (unpaired) electrons. The van der Waals surface area contributed by atoms with Gasteiger partial charge in [-0.25, -0.2) is 0 Å². The van der Waals surface area contributed by atoms with E-state index < -0.39 is 0 Å². The van der Waals surface area contributed by atoms with Crippen molar-refractivity contribution in [1.29, 1.82) is 0 Å². The number of hydrogen-bond acceptors (Lipinski definition) is 3. The second kappa shape index (κ2) is 27.9. The highest BCUT2D eigenvalue weighted by Crippen LogP contribution is 2.33. The Balaban J connectivity index is -0.0000000912. The van der Waals surface area contributed by atoms with Crippen molar-refractivity contribution in [1.82, 2.24) is 4.90 Å². The Kier molecular flexibility index (Phi) is 43.1. The first kappa shape index (κ1) is 32.5. The summed E-state index contributed by atoms with van der Waals surface area (Å²) in [6.07, 6.45) is 3.99. The van der Waals surface area contributed by atoms with Gasteiger partial charge in [0.15, 0.2) is 0 Å². The number of aliphatic hydroxyl groups is 1. The van der Waals surface area contributed by atoms with Gasteiger partial charge < -0.3 is 14.8 Å². The summed E-state index contributed by atoms with van der Waals surface area (Å²) >= 11 is 0. The molecule has 0 rings (SSSR count). The minimum absolute atomic E-state index is 0.554. The highest BCUT2D eigenvalue weighted by molar-refractivity contribution is 5.10. The summed E-state index contributed by atoms with van der Waals surface area (Å²) in [6.45, 7) is 20.6. The summed E-state index contributed by atoms with van der Waals surface area (Å²) in [5, 5.41) is 7.00. The van der Waals surface area contributed by atoms with Crippen LogP contribution in [0.1, 0.15) is 74.7 Å². The zero-order valence-corrected chi connectivity index (χ0v) is 16.9. The zero-order valence-electron chi connectivity index (χ0n) is 16.9. The summed E-state index contributed by atoms with van der Waals surface area (Å²) < 4.78 is 0. The summed E-state index contributed by atoms with van der Waals surface area (Å²) in [6, 6.07) is 0. The van der Waals surface area contributed by atoms with E-state index in [1.165, 1.54) is 25.8 Å². The van der Waals surface area contributed by atoms with Gasteiger partial charge in [-0.2, -0.15) is 0 Å². The summed E-state index contributed by atoms with van der Waals surface area (Å²) in [4.78, 5) is 10.3. The molecule has 0 aliphatic rings. The van der Waals surface area contributed by atoms with Crippen LogP contribution in [-0.2, 0) is 4.79 Å². The fourth-order valence-corrected chi connectivity index (χ4v) is 1.90. The molecule has 3 heteroatoms. The van der Waals surface area contributed by atoms with Crippen LogP contribution in [0.2, 0.25) is 0 Å². The maximum Gasteiger partial charge on any atom is 0.106 e. The molecule has 21 heavy (non-hydrogen) atoms. The average Bonchev–Trinajstić information content (AvgIpc) is 2.52. The molecule has 0 aliphatic heterocycles. The van der Waals surface area contributed by atoms with Crippen molar-refractivity contribution in [2.75, 3.05) is 27.7 Å². The van der Waals surface area contributed by atoms with Gasteiger partial charge in [0, 0.05) is 7.11 Å².